The van der Waals surface area contributed by atoms with Gasteiger partial charge in [-0.05, 0) is 41.3 Å². The molecule has 24 heavy (non-hydrogen) atoms. The highest BCUT2D eigenvalue weighted by Gasteiger charge is 2.13. The number of H-pyrrole nitrogens is 1. The molecule has 3 N–H and O–H groups in total. The monoisotopic (exact) mass is 400 g/mol. The van der Waals surface area contributed by atoms with E-state index in [4.69, 9.17) is 0 Å². The molecule has 0 aliphatic heterocycles. The van der Waals surface area contributed by atoms with Gasteiger partial charge in [-0.3, -0.25) is 25.2 Å². The van der Waals surface area contributed by atoms with Crippen molar-refractivity contribution in [3.63, 3.8) is 0 Å². The quantitative estimate of drug-likeness (QED) is 0.555. The number of carbonyl (C=O) groups excluding carboxylic acids is 3. The zero-order valence-electron chi connectivity index (χ0n) is 14.2. The Balaban J connectivity index is 2.26. The second-order valence-corrected chi connectivity index (χ2v) is 6.38. The number of aromatic amines is 1. The molecule has 1 heterocycles. The first-order valence-electron chi connectivity index (χ1n) is 8.18. The van der Waals surface area contributed by atoms with Crippen molar-refractivity contribution in [1.29, 1.82) is 0 Å². The van der Waals surface area contributed by atoms with Crippen molar-refractivity contribution in [3.05, 3.63) is 22.4 Å². The lowest BCUT2D eigenvalue weighted by atomic mass is 10.2. The fourth-order valence-corrected chi connectivity index (χ4v) is 2.56. The minimum Gasteiger partial charge on any atom is -0.356 e. The van der Waals surface area contributed by atoms with Crippen LogP contribution in [-0.2, 0) is 9.59 Å². The van der Waals surface area contributed by atoms with Gasteiger partial charge in [0.05, 0.1) is 0 Å². The van der Waals surface area contributed by atoms with E-state index >= 15 is 0 Å². The lowest BCUT2D eigenvalue weighted by Gasteiger charge is -2.21. The van der Waals surface area contributed by atoms with E-state index in [1.54, 1.807) is 12.3 Å². The molecule has 0 bridgehead atoms. The summed E-state index contributed by atoms with van der Waals surface area (Å²) in [4.78, 5) is 40.1. The van der Waals surface area contributed by atoms with Crippen molar-refractivity contribution in [3.8, 4) is 0 Å². The fourth-order valence-electron chi connectivity index (χ4n) is 2.21. The Morgan fingerprint density at radius 1 is 1.12 bits per heavy atom. The zero-order valence-corrected chi connectivity index (χ0v) is 15.7. The van der Waals surface area contributed by atoms with Crippen molar-refractivity contribution in [1.82, 2.24) is 20.7 Å². The molecule has 1 rings (SSSR count). The van der Waals surface area contributed by atoms with Crippen LogP contribution in [0.4, 0.5) is 0 Å². The summed E-state index contributed by atoms with van der Waals surface area (Å²) in [6, 6.07) is 1.61. The average molecular weight is 401 g/mol. The second kappa shape index (κ2) is 10.9. The third-order valence-electron chi connectivity index (χ3n) is 3.34. The maximum absolute atomic E-state index is 12.1. The molecule has 0 spiro atoms. The third-order valence-corrected chi connectivity index (χ3v) is 3.80. The number of nitrogens with one attached hydrogen (secondary N) is 3. The summed E-state index contributed by atoms with van der Waals surface area (Å²) in [5.74, 6) is -0.673. The number of nitrogens with zero attached hydrogens (tertiary/aromatic N) is 1. The fraction of sp³-hybridized carbons (Fsp3) is 0.562. The first-order chi connectivity index (χ1) is 11.5. The topological polar surface area (TPSA) is 94.3 Å². The number of amides is 3. The molecule has 0 radical (unpaired) electrons. The molecule has 0 saturated heterocycles. The van der Waals surface area contributed by atoms with E-state index in [0.717, 1.165) is 30.4 Å². The van der Waals surface area contributed by atoms with Crippen molar-refractivity contribution in [2.45, 2.75) is 46.0 Å². The molecule has 0 unspecified atom stereocenters. The SMILES string of the molecule is CCCN(CCC)C(=O)CCCC(=O)NNC(=O)c1cc(Br)c[nH]1. The van der Waals surface area contributed by atoms with E-state index < -0.39 is 5.91 Å². The van der Waals surface area contributed by atoms with Crippen molar-refractivity contribution >= 4 is 33.7 Å². The molecule has 1 aromatic heterocycles. The van der Waals surface area contributed by atoms with E-state index in [2.05, 4.69) is 31.8 Å². The van der Waals surface area contributed by atoms with E-state index in [-0.39, 0.29) is 18.2 Å². The molecule has 0 fully saturated rings. The molecule has 0 aliphatic rings. The van der Waals surface area contributed by atoms with Gasteiger partial charge in [-0.25, -0.2) is 0 Å². The largest absolute Gasteiger partial charge is 0.356 e. The number of hydrazine groups is 1. The van der Waals surface area contributed by atoms with Crippen LogP contribution < -0.4 is 10.9 Å². The van der Waals surface area contributed by atoms with Gasteiger partial charge in [-0.15, -0.1) is 0 Å². The van der Waals surface area contributed by atoms with Gasteiger partial charge in [0.2, 0.25) is 11.8 Å². The maximum Gasteiger partial charge on any atom is 0.286 e. The predicted molar refractivity (Wildman–Crippen MR) is 95.1 cm³/mol. The Morgan fingerprint density at radius 3 is 2.33 bits per heavy atom. The van der Waals surface area contributed by atoms with Crippen molar-refractivity contribution in [2.24, 2.45) is 0 Å². The Kier molecular flexibility index (Phi) is 9.14. The summed E-state index contributed by atoms with van der Waals surface area (Å²) < 4.78 is 0.751. The standard InChI is InChI=1S/C16H25BrN4O3/c1-3-8-21(9-4-2)15(23)7-5-6-14(22)19-20-16(24)13-10-12(17)11-18-13/h10-11,18H,3-9H2,1-2H3,(H,19,22)(H,20,24). The number of hydrogen-bond donors (Lipinski definition) is 3. The highest BCUT2D eigenvalue weighted by Crippen LogP contribution is 2.10. The third kappa shape index (κ3) is 7.16. The maximum atomic E-state index is 12.1. The molecule has 0 atom stereocenters. The number of aromatic nitrogens is 1. The normalized spacial score (nSPS) is 10.3. The predicted octanol–water partition coefficient (Wildman–Crippen LogP) is 2.36. The number of rotatable bonds is 9. The number of hydrogen-bond acceptors (Lipinski definition) is 3. The Hall–Kier alpha value is -1.83. The molecular weight excluding hydrogens is 376 g/mol. The summed E-state index contributed by atoms with van der Waals surface area (Å²) in [6.07, 6.45) is 4.46. The van der Waals surface area contributed by atoms with Gasteiger partial charge in [-0.1, -0.05) is 13.8 Å². The summed E-state index contributed by atoms with van der Waals surface area (Å²) in [5.41, 5.74) is 5.01. The Morgan fingerprint density at radius 2 is 1.79 bits per heavy atom. The highest BCUT2D eigenvalue weighted by molar-refractivity contribution is 9.10. The smallest absolute Gasteiger partial charge is 0.286 e. The minimum absolute atomic E-state index is 0.0757. The van der Waals surface area contributed by atoms with Gasteiger partial charge in [0.25, 0.3) is 5.91 Å². The van der Waals surface area contributed by atoms with Crippen LogP contribution in [0.1, 0.15) is 56.4 Å². The van der Waals surface area contributed by atoms with E-state index in [0.29, 0.717) is 18.5 Å². The van der Waals surface area contributed by atoms with Crippen LogP contribution in [0.5, 0.6) is 0 Å². The zero-order chi connectivity index (χ0) is 17.9. The van der Waals surface area contributed by atoms with Crippen LogP contribution >= 0.6 is 15.9 Å². The molecule has 134 valence electrons. The van der Waals surface area contributed by atoms with Gasteiger partial charge >= 0.3 is 0 Å². The Bertz CT molecular complexity index is 553. The summed E-state index contributed by atoms with van der Waals surface area (Å²) in [5, 5.41) is 0. The second-order valence-electron chi connectivity index (χ2n) is 5.47. The number of carbonyl (C=O) groups is 3. The van der Waals surface area contributed by atoms with E-state index in [1.165, 1.54) is 0 Å². The molecule has 0 aliphatic carbocycles. The van der Waals surface area contributed by atoms with Crippen molar-refractivity contribution in [2.75, 3.05) is 13.1 Å². The lowest BCUT2D eigenvalue weighted by molar-refractivity contribution is -0.131. The van der Waals surface area contributed by atoms with Crippen LogP contribution in [0.15, 0.2) is 16.7 Å². The first-order valence-corrected chi connectivity index (χ1v) is 8.98. The van der Waals surface area contributed by atoms with Gasteiger partial charge in [0, 0.05) is 36.6 Å². The Labute approximate surface area is 150 Å². The summed E-state index contributed by atoms with van der Waals surface area (Å²) >= 11 is 3.23. The van der Waals surface area contributed by atoms with Gasteiger partial charge in [0.1, 0.15) is 5.69 Å². The van der Waals surface area contributed by atoms with Crippen LogP contribution in [0.2, 0.25) is 0 Å². The van der Waals surface area contributed by atoms with E-state index in [1.807, 2.05) is 18.7 Å². The van der Waals surface area contributed by atoms with Crippen molar-refractivity contribution < 1.29 is 14.4 Å². The van der Waals surface area contributed by atoms with Crippen LogP contribution in [-0.4, -0.2) is 40.7 Å². The molecule has 1 aromatic rings. The molecule has 8 heteroatoms. The highest BCUT2D eigenvalue weighted by atomic mass is 79.9. The average Bonchev–Trinajstić information content (AvgIpc) is 2.99. The van der Waals surface area contributed by atoms with Crippen LogP contribution in [0.25, 0.3) is 0 Å². The molecular formula is C16H25BrN4O3. The van der Waals surface area contributed by atoms with Crippen LogP contribution in [0, 0.1) is 0 Å². The van der Waals surface area contributed by atoms with Crippen LogP contribution in [0.3, 0.4) is 0 Å². The molecule has 0 saturated carbocycles. The van der Waals surface area contributed by atoms with Gasteiger partial charge in [-0.2, -0.15) is 0 Å². The lowest BCUT2D eigenvalue weighted by Crippen LogP contribution is -2.41. The van der Waals surface area contributed by atoms with E-state index in [9.17, 15) is 14.4 Å². The molecule has 3 amide bonds. The van der Waals surface area contributed by atoms with Gasteiger partial charge in [0.15, 0.2) is 0 Å². The summed E-state index contributed by atoms with van der Waals surface area (Å²) in [6.45, 7) is 5.57. The van der Waals surface area contributed by atoms with Gasteiger partial charge < -0.3 is 9.88 Å². The summed E-state index contributed by atoms with van der Waals surface area (Å²) in [7, 11) is 0. The minimum atomic E-state index is -0.429. The first kappa shape index (κ1) is 20.2. The number of halogens is 1. The molecule has 7 nitrogen and oxygen atoms in total. The molecule has 0 aromatic carbocycles.